The predicted octanol–water partition coefficient (Wildman–Crippen LogP) is 5.98. The van der Waals surface area contributed by atoms with E-state index >= 15 is 0 Å². The van der Waals surface area contributed by atoms with E-state index in [2.05, 4.69) is 36.5 Å². The van der Waals surface area contributed by atoms with E-state index in [-0.39, 0.29) is 5.02 Å². The largest absolute Gasteiger partial charge is 0.489 e. The van der Waals surface area contributed by atoms with Crippen LogP contribution in [-0.4, -0.2) is 0 Å². The molecule has 128 valence electrons. The van der Waals surface area contributed by atoms with Crippen molar-refractivity contribution in [3.05, 3.63) is 94.3 Å². The molecule has 0 saturated carbocycles. The lowest BCUT2D eigenvalue weighted by Gasteiger charge is -2.13. The molecular weight excluding hydrogens is 337 g/mol. The zero-order chi connectivity index (χ0) is 17.6. The maximum Gasteiger partial charge on any atom is 0.141 e. The first-order valence-electron chi connectivity index (χ1n) is 8.07. The predicted molar refractivity (Wildman–Crippen MR) is 101 cm³/mol. The van der Waals surface area contributed by atoms with Crippen LogP contribution in [0.25, 0.3) is 0 Å². The van der Waals surface area contributed by atoms with E-state index in [1.807, 2.05) is 24.3 Å². The fourth-order valence-corrected chi connectivity index (χ4v) is 2.62. The molecule has 0 aliphatic carbocycles. The molecule has 4 heteroatoms. The van der Waals surface area contributed by atoms with Crippen molar-refractivity contribution in [1.29, 1.82) is 0 Å². The van der Waals surface area contributed by atoms with Gasteiger partial charge in [-0.15, -0.1) is 0 Å². The van der Waals surface area contributed by atoms with Gasteiger partial charge in [-0.3, -0.25) is 0 Å². The van der Waals surface area contributed by atoms with Gasteiger partial charge in [0.15, 0.2) is 0 Å². The number of para-hydroxylation sites is 1. The van der Waals surface area contributed by atoms with Crippen molar-refractivity contribution in [2.45, 2.75) is 20.1 Å². The van der Waals surface area contributed by atoms with Crippen molar-refractivity contribution in [3.63, 3.8) is 0 Å². The third-order valence-corrected chi connectivity index (χ3v) is 4.18. The number of hydrogen-bond donors (Lipinski definition) is 1. The number of anilines is 1. The van der Waals surface area contributed by atoms with E-state index in [4.69, 9.17) is 16.3 Å². The van der Waals surface area contributed by atoms with E-state index < -0.39 is 5.82 Å². The van der Waals surface area contributed by atoms with Crippen molar-refractivity contribution in [3.8, 4) is 5.75 Å². The lowest BCUT2D eigenvalue weighted by Crippen LogP contribution is -2.04. The molecule has 0 spiro atoms. The summed E-state index contributed by atoms with van der Waals surface area (Å²) in [6.07, 6.45) is 0. The second-order valence-electron chi connectivity index (χ2n) is 5.86. The molecule has 0 unspecified atom stereocenters. The molecule has 0 aliphatic rings. The molecule has 3 aromatic carbocycles. The topological polar surface area (TPSA) is 21.3 Å². The van der Waals surface area contributed by atoms with Crippen molar-refractivity contribution in [1.82, 2.24) is 0 Å². The molecule has 0 radical (unpaired) electrons. The van der Waals surface area contributed by atoms with Crippen LogP contribution in [0.5, 0.6) is 5.75 Å². The van der Waals surface area contributed by atoms with Crippen molar-refractivity contribution in [2.75, 3.05) is 5.32 Å². The average Bonchev–Trinajstić information content (AvgIpc) is 2.63. The second kappa shape index (κ2) is 8.04. The molecule has 0 amide bonds. The average molecular weight is 356 g/mol. The van der Waals surface area contributed by atoms with Gasteiger partial charge in [0.25, 0.3) is 0 Å². The van der Waals surface area contributed by atoms with E-state index in [9.17, 15) is 4.39 Å². The molecule has 1 N–H and O–H groups in total. The third-order valence-electron chi connectivity index (χ3n) is 3.89. The zero-order valence-electron chi connectivity index (χ0n) is 13.9. The van der Waals surface area contributed by atoms with E-state index in [0.717, 1.165) is 22.6 Å². The van der Waals surface area contributed by atoms with Crippen LogP contribution < -0.4 is 10.1 Å². The maximum absolute atomic E-state index is 13.2. The molecule has 0 saturated heterocycles. The van der Waals surface area contributed by atoms with E-state index in [1.165, 1.54) is 11.6 Å². The summed E-state index contributed by atoms with van der Waals surface area (Å²) in [7, 11) is 0. The number of benzene rings is 3. The molecule has 3 rings (SSSR count). The molecule has 25 heavy (non-hydrogen) atoms. The van der Waals surface area contributed by atoms with Crippen molar-refractivity contribution in [2.24, 2.45) is 0 Å². The van der Waals surface area contributed by atoms with Crippen LogP contribution in [-0.2, 0) is 13.2 Å². The number of ether oxygens (including phenoxy) is 1. The summed E-state index contributed by atoms with van der Waals surface area (Å²) in [6.45, 7) is 3.14. The minimum absolute atomic E-state index is 0.105. The third kappa shape index (κ3) is 4.74. The summed E-state index contributed by atoms with van der Waals surface area (Å²) in [5.74, 6) is 0.401. The van der Waals surface area contributed by atoms with Gasteiger partial charge in [0.05, 0.1) is 5.02 Å². The molecule has 3 aromatic rings. The van der Waals surface area contributed by atoms with Crippen LogP contribution in [0, 0.1) is 12.7 Å². The van der Waals surface area contributed by atoms with Crippen LogP contribution in [0.4, 0.5) is 10.1 Å². The number of halogens is 2. The van der Waals surface area contributed by atoms with Gasteiger partial charge in [-0.1, -0.05) is 59.6 Å². The van der Waals surface area contributed by atoms with Gasteiger partial charge in [-0.05, 0) is 36.8 Å². The molecule has 0 bridgehead atoms. The molecule has 0 aliphatic heterocycles. The van der Waals surface area contributed by atoms with Crippen LogP contribution in [0.2, 0.25) is 5.02 Å². The van der Waals surface area contributed by atoms with E-state index in [0.29, 0.717) is 13.2 Å². The number of hydrogen-bond acceptors (Lipinski definition) is 2. The summed E-state index contributed by atoms with van der Waals surface area (Å²) in [6, 6.07) is 20.7. The highest BCUT2D eigenvalue weighted by Gasteiger charge is 2.05. The summed E-state index contributed by atoms with van der Waals surface area (Å²) >= 11 is 5.82. The highest BCUT2D eigenvalue weighted by Crippen LogP contribution is 2.23. The summed E-state index contributed by atoms with van der Waals surface area (Å²) in [4.78, 5) is 0. The van der Waals surface area contributed by atoms with Gasteiger partial charge >= 0.3 is 0 Å². The zero-order valence-corrected chi connectivity index (χ0v) is 14.7. The first-order valence-corrected chi connectivity index (χ1v) is 8.45. The Labute approximate surface area is 152 Å². The lowest BCUT2D eigenvalue weighted by molar-refractivity contribution is 0.303. The van der Waals surface area contributed by atoms with Gasteiger partial charge in [-0.25, -0.2) is 4.39 Å². The van der Waals surface area contributed by atoms with Gasteiger partial charge in [0.2, 0.25) is 0 Å². The summed E-state index contributed by atoms with van der Waals surface area (Å²) < 4.78 is 19.2. The highest BCUT2D eigenvalue weighted by atomic mass is 35.5. The smallest absolute Gasteiger partial charge is 0.141 e. The molecule has 0 heterocycles. The van der Waals surface area contributed by atoms with E-state index in [1.54, 1.807) is 12.1 Å². The SMILES string of the molecule is Cc1ccc(COc2ccccc2CNc2ccc(F)c(Cl)c2)cc1. The molecule has 0 atom stereocenters. The Bertz CT molecular complexity index is 849. The Morgan fingerprint density at radius 1 is 1.00 bits per heavy atom. The number of aryl methyl sites for hydroxylation is 1. The van der Waals surface area contributed by atoms with Crippen LogP contribution in [0.1, 0.15) is 16.7 Å². The molecule has 2 nitrogen and oxygen atoms in total. The van der Waals surface area contributed by atoms with Crippen LogP contribution in [0.3, 0.4) is 0 Å². The van der Waals surface area contributed by atoms with Gasteiger partial charge in [-0.2, -0.15) is 0 Å². The fraction of sp³-hybridized carbons (Fsp3) is 0.143. The standard InChI is InChI=1S/C21H19ClFNO/c1-15-6-8-16(9-7-15)14-25-21-5-3-2-4-17(21)13-24-18-10-11-20(23)19(22)12-18/h2-12,24H,13-14H2,1H3. The Morgan fingerprint density at radius 2 is 1.76 bits per heavy atom. The quantitative estimate of drug-likeness (QED) is 0.587. The van der Waals surface area contributed by atoms with Gasteiger partial charge in [0, 0.05) is 17.8 Å². The van der Waals surface area contributed by atoms with Gasteiger partial charge < -0.3 is 10.1 Å². The number of rotatable bonds is 6. The summed E-state index contributed by atoms with van der Waals surface area (Å²) in [5.41, 5.74) is 4.14. The Morgan fingerprint density at radius 3 is 2.52 bits per heavy atom. The highest BCUT2D eigenvalue weighted by molar-refractivity contribution is 6.31. The normalized spacial score (nSPS) is 10.5. The fourth-order valence-electron chi connectivity index (χ4n) is 2.44. The number of nitrogens with one attached hydrogen (secondary N) is 1. The van der Waals surface area contributed by atoms with Crippen molar-refractivity contribution >= 4 is 17.3 Å². The minimum Gasteiger partial charge on any atom is -0.489 e. The first-order chi connectivity index (χ1) is 12.1. The Kier molecular flexibility index (Phi) is 5.56. The van der Waals surface area contributed by atoms with Crippen LogP contribution >= 0.6 is 11.6 Å². The minimum atomic E-state index is -0.422. The molecule has 0 fully saturated rings. The monoisotopic (exact) mass is 355 g/mol. The van der Waals surface area contributed by atoms with Crippen LogP contribution in [0.15, 0.2) is 66.7 Å². The lowest BCUT2D eigenvalue weighted by atomic mass is 10.1. The van der Waals surface area contributed by atoms with Crippen molar-refractivity contribution < 1.29 is 9.13 Å². The second-order valence-corrected chi connectivity index (χ2v) is 6.27. The molecule has 0 aromatic heterocycles. The Hall–Kier alpha value is -2.52. The first kappa shape index (κ1) is 17.3. The Balaban J connectivity index is 1.65. The van der Waals surface area contributed by atoms with Gasteiger partial charge in [0.1, 0.15) is 18.2 Å². The summed E-state index contributed by atoms with van der Waals surface area (Å²) in [5, 5.41) is 3.35. The maximum atomic E-state index is 13.2. The molecular formula is C21H19ClFNO.